The Kier molecular flexibility index (Phi) is 5.48. The molecule has 0 fully saturated rings. The largest absolute Gasteiger partial charge is 0.573 e. The number of H-pyrrole nitrogens is 2. The van der Waals surface area contributed by atoms with Crippen LogP contribution in [0.15, 0.2) is 67.1 Å². The average molecular weight is 466 g/mol. The molecule has 0 amide bonds. The number of fused-ring (bicyclic) bond motifs is 2. The van der Waals surface area contributed by atoms with Gasteiger partial charge < -0.3 is 25.3 Å². The molecular formula is C24H21F3N6O. The number of alkyl halides is 3. The molecule has 0 aliphatic carbocycles. The second-order valence-electron chi connectivity index (χ2n) is 7.92. The fourth-order valence-corrected chi connectivity index (χ4v) is 4.00. The molecule has 2 aromatic carbocycles. The standard InChI is InChI=1S/C24H21F3N6O/c25-24(26,27)34-18-2-4-21-19(12-18)17(13-31-21)7-10-33(23-30-9-6-22(28)32-23)14-15-1-3-20-16(11-15)5-8-29-20/h1-6,8-9,11-13,29,31H,7,10,14H2,(H2,28,30,32). The molecule has 0 aliphatic rings. The van der Waals surface area contributed by atoms with Crippen molar-refractivity contribution in [3.8, 4) is 5.75 Å². The van der Waals surface area contributed by atoms with Crippen LogP contribution in [0.4, 0.5) is 24.9 Å². The quantitative estimate of drug-likeness (QED) is 0.308. The molecule has 174 valence electrons. The molecule has 0 saturated carbocycles. The van der Waals surface area contributed by atoms with Crippen LogP contribution in [0, 0.1) is 0 Å². The summed E-state index contributed by atoms with van der Waals surface area (Å²) in [6.07, 6.45) is 1.09. The van der Waals surface area contributed by atoms with E-state index in [-0.39, 0.29) is 5.75 Å². The predicted molar refractivity (Wildman–Crippen MR) is 124 cm³/mol. The van der Waals surface area contributed by atoms with Gasteiger partial charge in [0.2, 0.25) is 5.95 Å². The average Bonchev–Trinajstić information content (AvgIpc) is 3.41. The van der Waals surface area contributed by atoms with Crippen molar-refractivity contribution in [2.24, 2.45) is 0 Å². The summed E-state index contributed by atoms with van der Waals surface area (Å²) in [4.78, 5) is 17.0. The molecule has 0 spiro atoms. The van der Waals surface area contributed by atoms with Gasteiger partial charge in [-0.3, -0.25) is 0 Å². The highest BCUT2D eigenvalue weighted by Crippen LogP contribution is 2.29. The fraction of sp³-hybridized carbons (Fsp3) is 0.167. The van der Waals surface area contributed by atoms with E-state index in [1.165, 1.54) is 12.1 Å². The Labute approximate surface area is 192 Å². The Bertz CT molecular complexity index is 1440. The van der Waals surface area contributed by atoms with Gasteiger partial charge in [0.25, 0.3) is 0 Å². The number of hydrogen-bond donors (Lipinski definition) is 3. The predicted octanol–water partition coefficient (Wildman–Crippen LogP) is 5.17. The second-order valence-corrected chi connectivity index (χ2v) is 7.92. The van der Waals surface area contributed by atoms with E-state index < -0.39 is 6.36 Å². The normalized spacial score (nSPS) is 11.9. The molecule has 10 heteroatoms. The van der Waals surface area contributed by atoms with Crippen molar-refractivity contribution in [2.45, 2.75) is 19.3 Å². The van der Waals surface area contributed by atoms with E-state index in [0.717, 1.165) is 27.5 Å². The van der Waals surface area contributed by atoms with Gasteiger partial charge in [0.05, 0.1) is 0 Å². The molecule has 34 heavy (non-hydrogen) atoms. The second kappa shape index (κ2) is 8.62. The van der Waals surface area contributed by atoms with Crippen molar-refractivity contribution < 1.29 is 17.9 Å². The number of halogens is 3. The maximum Gasteiger partial charge on any atom is 0.573 e. The first-order chi connectivity index (χ1) is 16.3. The van der Waals surface area contributed by atoms with Crippen LogP contribution >= 0.6 is 0 Å². The van der Waals surface area contributed by atoms with Crippen LogP contribution in [0.25, 0.3) is 21.8 Å². The lowest BCUT2D eigenvalue weighted by Gasteiger charge is -2.23. The van der Waals surface area contributed by atoms with Crippen molar-refractivity contribution in [1.82, 2.24) is 19.9 Å². The van der Waals surface area contributed by atoms with Crippen LogP contribution < -0.4 is 15.4 Å². The molecule has 0 unspecified atom stereocenters. The molecular weight excluding hydrogens is 445 g/mol. The number of nitrogens with two attached hydrogens (primary N) is 1. The number of nitrogen functional groups attached to an aromatic ring is 1. The molecule has 3 heterocycles. The minimum atomic E-state index is -4.74. The molecule has 0 atom stereocenters. The zero-order valence-corrected chi connectivity index (χ0v) is 17.9. The van der Waals surface area contributed by atoms with Gasteiger partial charge >= 0.3 is 6.36 Å². The van der Waals surface area contributed by atoms with Gasteiger partial charge in [0.15, 0.2) is 0 Å². The van der Waals surface area contributed by atoms with Gasteiger partial charge in [-0.1, -0.05) is 6.07 Å². The van der Waals surface area contributed by atoms with Gasteiger partial charge in [-0.25, -0.2) is 4.98 Å². The van der Waals surface area contributed by atoms with Crippen molar-refractivity contribution in [2.75, 3.05) is 17.2 Å². The third kappa shape index (κ3) is 4.75. The first-order valence-corrected chi connectivity index (χ1v) is 10.6. The van der Waals surface area contributed by atoms with Gasteiger partial charge in [-0.05, 0) is 65.4 Å². The van der Waals surface area contributed by atoms with Crippen molar-refractivity contribution >= 4 is 33.6 Å². The minimum absolute atomic E-state index is 0.253. The number of aromatic nitrogens is 4. The summed E-state index contributed by atoms with van der Waals surface area (Å²) in [6.45, 7) is 1.06. The van der Waals surface area contributed by atoms with E-state index >= 15 is 0 Å². The smallest absolute Gasteiger partial charge is 0.406 e. The summed E-state index contributed by atoms with van der Waals surface area (Å²) < 4.78 is 42.1. The number of ether oxygens (including phenoxy) is 1. The summed E-state index contributed by atoms with van der Waals surface area (Å²) >= 11 is 0. The third-order valence-electron chi connectivity index (χ3n) is 5.56. The fourth-order valence-electron chi connectivity index (χ4n) is 4.00. The van der Waals surface area contributed by atoms with Crippen molar-refractivity contribution in [3.05, 3.63) is 78.2 Å². The summed E-state index contributed by atoms with van der Waals surface area (Å²) in [6, 6.07) is 14.0. The van der Waals surface area contributed by atoms with E-state index in [2.05, 4.69) is 30.7 Å². The van der Waals surface area contributed by atoms with E-state index in [1.54, 1.807) is 24.5 Å². The Morgan fingerprint density at radius 3 is 2.68 bits per heavy atom. The van der Waals surface area contributed by atoms with Gasteiger partial charge in [0, 0.05) is 48.1 Å². The molecule has 0 radical (unpaired) electrons. The molecule has 5 rings (SSSR count). The summed E-state index contributed by atoms with van der Waals surface area (Å²) in [7, 11) is 0. The van der Waals surface area contributed by atoms with E-state index in [4.69, 9.17) is 5.73 Å². The molecule has 3 aromatic heterocycles. The molecule has 4 N–H and O–H groups in total. The topological polar surface area (TPSA) is 95.9 Å². The van der Waals surface area contributed by atoms with Crippen molar-refractivity contribution in [1.29, 1.82) is 0 Å². The lowest BCUT2D eigenvalue weighted by molar-refractivity contribution is -0.274. The number of nitrogens with zero attached hydrogens (tertiary/aromatic N) is 3. The van der Waals surface area contributed by atoms with Crippen LogP contribution in [-0.2, 0) is 13.0 Å². The molecule has 0 aliphatic heterocycles. The zero-order chi connectivity index (χ0) is 23.7. The van der Waals surface area contributed by atoms with Gasteiger partial charge in [-0.15, -0.1) is 13.2 Å². The summed E-state index contributed by atoms with van der Waals surface area (Å²) in [5.41, 5.74) is 9.59. The van der Waals surface area contributed by atoms with Crippen LogP contribution in [0.1, 0.15) is 11.1 Å². The van der Waals surface area contributed by atoms with Crippen LogP contribution in [0.2, 0.25) is 0 Å². The summed E-state index contributed by atoms with van der Waals surface area (Å²) in [5.74, 6) is 0.587. The van der Waals surface area contributed by atoms with Crippen molar-refractivity contribution in [3.63, 3.8) is 0 Å². The first kappa shape index (κ1) is 21.6. The number of hydrogen-bond acceptors (Lipinski definition) is 5. The number of anilines is 2. The zero-order valence-electron chi connectivity index (χ0n) is 17.9. The first-order valence-electron chi connectivity index (χ1n) is 10.6. The third-order valence-corrected chi connectivity index (χ3v) is 5.56. The van der Waals surface area contributed by atoms with Crippen LogP contribution in [0.5, 0.6) is 5.75 Å². The number of aromatic amines is 2. The molecule has 5 aromatic rings. The Balaban J connectivity index is 1.41. The monoisotopic (exact) mass is 466 g/mol. The number of benzene rings is 2. The highest BCUT2D eigenvalue weighted by molar-refractivity contribution is 5.84. The minimum Gasteiger partial charge on any atom is -0.406 e. The molecule has 7 nitrogen and oxygen atoms in total. The SMILES string of the molecule is Nc1ccnc(N(CCc2c[nH]c3ccc(OC(F)(F)F)cc23)Cc2ccc3[nH]ccc3c2)n1. The lowest BCUT2D eigenvalue weighted by atomic mass is 10.1. The Morgan fingerprint density at radius 1 is 1.00 bits per heavy atom. The number of rotatable bonds is 7. The van der Waals surface area contributed by atoms with E-state index in [9.17, 15) is 13.2 Å². The highest BCUT2D eigenvalue weighted by atomic mass is 19.4. The Hall–Kier alpha value is -4.21. The van der Waals surface area contributed by atoms with Crippen LogP contribution in [-0.4, -0.2) is 32.8 Å². The van der Waals surface area contributed by atoms with E-state index in [1.807, 2.05) is 29.3 Å². The van der Waals surface area contributed by atoms with Gasteiger partial charge in [-0.2, -0.15) is 4.98 Å². The molecule has 0 saturated heterocycles. The van der Waals surface area contributed by atoms with Gasteiger partial charge in [0.1, 0.15) is 11.6 Å². The maximum absolute atomic E-state index is 12.7. The van der Waals surface area contributed by atoms with E-state index in [0.29, 0.717) is 36.7 Å². The number of nitrogens with one attached hydrogen (secondary N) is 2. The maximum atomic E-state index is 12.7. The molecule has 0 bridgehead atoms. The highest BCUT2D eigenvalue weighted by Gasteiger charge is 2.31. The summed E-state index contributed by atoms with van der Waals surface area (Å²) in [5, 5.41) is 1.77. The Morgan fingerprint density at radius 2 is 1.85 bits per heavy atom. The lowest BCUT2D eigenvalue weighted by Crippen LogP contribution is -2.27. The van der Waals surface area contributed by atoms with Crippen LogP contribution in [0.3, 0.4) is 0 Å².